The molecule has 3 aromatic rings. The van der Waals surface area contributed by atoms with E-state index in [0.29, 0.717) is 28.6 Å². The number of hydrogen-bond acceptors (Lipinski definition) is 3. The van der Waals surface area contributed by atoms with E-state index in [1.54, 1.807) is 13.2 Å². The summed E-state index contributed by atoms with van der Waals surface area (Å²) in [7, 11) is 1.60. The molecule has 6 heteroatoms. The molecule has 0 aliphatic rings. The maximum Gasteiger partial charge on any atom is 0.167 e. The summed E-state index contributed by atoms with van der Waals surface area (Å²) < 4.78 is 25.8. The molecule has 0 heterocycles. The first-order valence-electron chi connectivity index (χ1n) is 9.16. The number of hydrogen-bond donors (Lipinski definition) is 1. The molecule has 0 bridgehead atoms. The van der Waals surface area contributed by atoms with Gasteiger partial charge in [-0.3, -0.25) is 0 Å². The number of methoxy groups -OCH3 is 1. The van der Waals surface area contributed by atoms with E-state index in [-0.39, 0.29) is 12.4 Å². The van der Waals surface area contributed by atoms with Crippen LogP contribution in [0.15, 0.2) is 59.1 Å². The Balaban J connectivity index is 1.76. The highest BCUT2D eigenvalue weighted by Gasteiger charge is 2.15. The first-order chi connectivity index (χ1) is 14.0. The van der Waals surface area contributed by atoms with Crippen LogP contribution in [0.25, 0.3) is 0 Å². The Morgan fingerprint density at radius 2 is 1.79 bits per heavy atom. The summed E-state index contributed by atoms with van der Waals surface area (Å²) >= 11 is 9.74. The van der Waals surface area contributed by atoms with Gasteiger partial charge in [0.25, 0.3) is 0 Å². The van der Waals surface area contributed by atoms with E-state index in [1.807, 2.05) is 12.1 Å². The van der Waals surface area contributed by atoms with Gasteiger partial charge in [-0.2, -0.15) is 0 Å². The number of halogens is 3. The Morgan fingerprint density at radius 3 is 2.48 bits per heavy atom. The van der Waals surface area contributed by atoms with Gasteiger partial charge < -0.3 is 14.8 Å². The van der Waals surface area contributed by atoms with Crippen LogP contribution in [0, 0.1) is 12.7 Å². The largest absolute Gasteiger partial charge is 0.493 e. The van der Waals surface area contributed by atoms with E-state index in [2.05, 4.69) is 52.4 Å². The van der Waals surface area contributed by atoms with Gasteiger partial charge in [0.2, 0.25) is 0 Å². The molecule has 1 N–H and O–H groups in total. The molecule has 0 atom stereocenters. The van der Waals surface area contributed by atoms with Crippen LogP contribution in [0.3, 0.4) is 0 Å². The number of benzene rings is 3. The third-order valence-electron chi connectivity index (χ3n) is 4.53. The molecule has 0 saturated carbocycles. The molecule has 3 aromatic carbocycles. The van der Waals surface area contributed by atoms with Crippen LogP contribution in [-0.4, -0.2) is 7.11 Å². The normalized spacial score (nSPS) is 10.8. The number of aryl methyl sites for hydroxylation is 1. The molecule has 0 aliphatic carbocycles. The van der Waals surface area contributed by atoms with Crippen LogP contribution in [0.4, 0.5) is 4.39 Å². The lowest BCUT2D eigenvalue weighted by Gasteiger charge is -2.18. The lowest BCUT2D eigenvalue weighted by atomic mass is 10.1. The molecule has 0 aliphatic heterocycles. The zero-order valence-corrected chi connectivity index (χ0v) is 18.6. The Hall–Kier alpha value is -2.08. The molecule has 3 rings (SSSR count). The Labute approximate surface area is 183 Å². The van der Waals surface area contributed by atoms with E-state index in [1.165, 1.54) is 23.3 Å². The van der Waals surface area contributed by atoms with E-state index >= 15 is 0 Å². The molecule has 0 amide bonds. The smallest absolute Gasteiger partial charge is 0.167 e. The first kappa shape index (κ1) is 21.6. The van der Waals surface area contributed by atoms with Crippen molar-refractivity contribution < 1.29 is 13.9 Å². The molecule has 0 fully saturated rings. The zero-order chi connectivity index (χ0) is 20.8. The van der Waals surface area contributed by atoms with E-state index in [4.69, 9.17) is 21.1 Å². The van der Waals surface area contributed by atoms with Crippen molar-refractivity contribution in [1.82, 2.24) is 5.32 Å². The second-order valence-electron chi connectivity index (χ2n) is 6.67. The van der Waals surface area contributed by atoms with Crippen molar-refractivity contribution in [2.24, 2.45) is 0 Å². The molecule has 152 valence electrons. The Bertz CT molecular complexity index is 979. The summed E-state index contributed by atoms with van der Waals surface area (Å²) in [5, 5.41) is 3.78. The molecule has 0 spiro atoms. The predicted octanol–water partition coefficient (Wildman–Crippen LogP) is 6.43. The molecular formula is C23H22BrClFNO2. The lowest BCUT2D eigenvalue weighted by Crippen LogP contribution is -2.14. The minimum atomic E-state index is -0.375. The van der Waals surface area contributed by atoms with E-state index < -0.39 is 0 Å². The summed E-state index contributed by atoms with van der Waals surface area (Å²) in [5.41, 5.74) is 4.08. The van der Waals surface area contributed by atoms with Crippen molar-refractivity contribution in [3.63, 3.8) is 0 Å². The molecule has 3 nitrogen and oxygen atoms in total. The van der Waals surface area contributed by atoms with Crippen molar-refractivity contribution in [3.05, 3.63) is 92.2 Å². The summed E-state index contributed by atoms with van der Waals surface area (Å²) in [6, 6.07) is 16.5. The summed E-state index contributed by atoms with van der Waals surface area (Å²) in [6.45, 7) is 3.59. The minimum absolute atomic E-state index is 0.205. The summed E-state index contributed by atoms with van der Waals surface area (Å²) in [4.78, 5) is 0. The van der Waals surface area contributed by atoms with Gasteiger partial charge in [-0.15, -0.1) is 0 Å². The fraction of sp³-hybridized carbons (Fsp3) is 0.217. The van der Waals surface area contributed by atoms with Crippen LogP contribution < -0.4 is 14.8 Å². The minimum Gasteiger partial charge on any atom is -0.493 e. The fourth-order valence-corrected chi connectivity index (χ4v) is 3.57. The topological polar surface area (TPSA) is 30.5 Å². The van der Waals surface area contributed by atoms with Crippen LogP contribution in [0.2, 0.25) is 5.02 Å². The maximum absolute atomic E-state index is 13.3. The SMILES string of the molecule is COc1ccc(Br)c(CNCc2ccc(C)cc2)c1OCc1ccc(F)cc1Cl. The molecule has 0 saturated heterocycles. The van der Waals surface area contributed by atoms with E-state index in [9.17, 15) is 4.39 Å². The van der Waals surface area contributed by atoms with Crippen LogP contribution >= 0.6 is 27.5 Å². The molecule has 29 heavy (non-hydrogen) atoms. The molecule has 0 aromatic heterocycles. The molecule has 0 unspecified atom stereocenters. The van der Waals surface area contributed by atoms with Crippen LogP contribution in [-0.2, 0) is 19.7 Å². The highest BCUT2D eigenvalue weighted by Crippen LogP contribution is 2.37. The average Bonchev–Trinajstić information content (AvgIpc) is 2.70. The number of rotatable bonds is 8. The second kappa shape index (κ2) is 10.1. The third-order valence-corrected chi connectivity index (χ3v) is 5.62. The van der Waals surface area contributed by atoms with Gasteiger partial charge in [0.05, 0.1) is 12.1 Å². The van der Waals surface area contributed by atoms with Crippen LogP contribution in [0.1, 0.15) is 22.3 Å². The maximum atomic E-state index is 13.3. The van der Waals surface area contributed by atoms with Crippen molar-refractivity contribution in [1.29, 1.82) is 0 Å². The Morgan fingerprint density at radius 1 is 1.03 bits per heavy atom. The van der Waals surface area contributed by atoms with Crippen molar-refractivity contribution >= 4 is 27.5 Å². The summed E-state index contributed by atoms with van der Waals surface area (Å²) in [6.07, 6.45) is 0. The average molecular weight is 479 g/mol. The van der Waals surface area contributed by atoms with Gasteiger partial charge in [-0.1, -0.05) is 63.4 Å². The quantitative estimate of drug-likeness (QED) is 0.405. The highest BCUT2D eigenvalue weighted by molar-refractivity contribution is 9.10. The summed E-state index contributed by atoms with van der Waals surface area (Å²) in [5.74, 6) is 0.872. The molecular weight excluding hydrogens is 457 g/mol. The predicted molar refractivity (Wildman–Crippen MR) is 118 cm³/mol. The number of ether oxygens (including phenoxy) is 2. The van der Waals surface area contributed by atoms with Crippen LogP contribution in [0.5, 0.6) is 11.5 Å². The standard InChI is InChI=1S/C23H22BrClFNO2/c1-15-3-5-16(6-4-15)12-27-13-19-20(24)9-10-22(28-2)23(19)29-14-17-7-8-18(26)11-21(17)25/h3-11,27H,12-14H2,1-2H3. The van der Waals surface area contributed by atoms with Gasteiger partial charge in [-0.05, 0) is 36.8 Å². The second-order valence-corrected chi connectivity index (χ2v) is 7.93. The first-order valence-corrected chi connectivity index (χ1v) is 10.3. The van der Waals surface area contributed by atoms with Gasteiger partial charge in [-0.25, -0.2) is 4.39 Å². The monoisotopic (exact) mass is 477 g/mol. The lowest BCUT2D eigenvalue weighted by molar-refractivity contribution is 0.280. The zero-order valence-electron chi connectivity index (χ0n) is 16.3. The van der Waals surface area contributed by atoms with Gasteiger partial charge in [0.1, 0.15) is 12.4 Å². The highest BCUT2D eigenvalue weighted by atomic mass is 79.9. The Kier molecular flexibility index (Phi) is 7.53. The molecule has 0 radical (unpaired) electrons. The fourth-order valence-electron chi connectivity index (χ4n) is 2.89. The van der Waals surface area contributed by atoms with Gasteiger partial charge in [0.15, 0.2) is 11.5 Å². The van der Waals surface area contributed by atoms with E-state index in [0.717, 1.165) is 16.6 Å². The van der Waals surface area contributed by atoms with Gasteiger partial charge >= 0.3 is 0 Å². The number of nitrogens with one attached hydrogen (secondary N) is 1. The van der Waals surface area contributed by atoms with Crippen molar-refractivity contribution in [3.8, 4) is 11.5 Å². The van der Waals surface area contributed by atoms with Crippen molar-refractivity contribution in [2.75, 3.05) is 7.11 Å². The van der Waals surface area contributed by atoms with Gasteiger partial charge in [0, 0.05) is 28.7 Å². The van der Waals surface area contributed by atoms with Crippen molar-refractivity contribution in [2.45, 2.75) is 26.6 Å². The third kappa shape index (κ3) is 5.72.